The normalized spacial score (nSPS) is 26.2. The van der Waals surface area contributed by atoms with Crippen LogP contribution in [0.25, 0.3) is 0 Å². The summed E-state index contributed by atoms with van der Waals surface area (Å²) in [6.07, 6.45) is 3.85. The number of rotatable bonds is 4. The molecule has 1 aromatic heterocycles. The van der Waals surface area contributed by atoms with Gasteiger partial charge in [-0.1, -0.05) is 19.8 Å². The van der Waals surface area contributed by atoms with Crippen LogP contribution in [0.15, 0.2) is 12.1 Å². The molecule has 1 amide bonds. The molecule has 1 fully saturated rings. The van der Waals surface area contributed by atoms with E-state index in [1.165, 1.54) is 12.1 Å². The number of amides is 1. The first-order valence-corrected chi connectivity index (χ1v) is 7.21. The quantitative estimate of drug-likeness (QED) is 0.509. The molecule has 7 heteroatoms. The van der Waals surface area contributed by atoms with Crippen LogP contribution in [0, 0.1) is 16.0 Å². The molecule has 110 valence electrons. The van der Waals surface area contributed by atoms with Crippen molar-refractivity contribution in [2.24, 2.45) is 5.92 Å². The van der Waals surface area contributed by atoms with E-state index in [1.54, 1.807) is 0 Å². The number of aromatic amines is 1. The highest BCUT2D eigenvalue weighted by molar-refractivity contribution is 6.19. The van der Waals surface area contributed by atoms with Crippen molar-refractivity contribution in [1.82, 2.24) is 10.3 Å². The minimum absolute atomic E-state index is 0.188. The summed E-state index contributed by atoms with van der Waals surface area (Å²) in [4.78, 5) is 24.7. The van der Waals surface area contributed by atoms with Gasteiger partial charge in [-0.3, -0.25) is 4.79 Å². The summed E-state index contributed by atoms with van der Waals surface area (Å²) in [6.45, 7) is 2.14. The van der Waals surface area contributed by atoms with Crippen LogP contribution in [-0.4, -0.2) is 27.2 Å². The van der Waals surface area contributed by atoms with E-state index in [0.717, 1.165) is 25.7 Å². The third-order valence-electron chi connectivity index (χ3n) is 3.84. The lowest BCUT2D eigenvalue weighted by molar-refractivity contribution is -0.389. The van der Waals surface area contributed by atoms with Gasteiger partial charge >= 0.3 is 5.82 Å². The number of alkyl halides is 1. The van der Waals surface area contributed by atoms with Crippen LogP contribution in [0.1, 0.15) is 43.1 Å². The molecule has 1 aliphatic rings. The van der Waals surface area contributed by atoms with E-state index in [-0.39, 0.29) is 17.4 Å². The van der Waals surface area contributed by atoms with E-state index in [2.05, 4.69) is 17.2 Å². The summed E-state index contributed by atoms with van der Waals surface area (Å²) >= 11 is 6.06. The summed E-state index contributed by atoms with van der Waals surface area (Å²) in [5.41, 5.74) is -0.213. The maximum absolute atomic E-state index is 12.2. The van der Waals surface area contributed by atoms with Crippen LogP contribution in [0.3, 0.4) is 0 Å². The molecule has 0 radical (unpaired) electrons. The number of halogens is 1. The Hall–Kier alpha value is -1.56. The summed E-state index contributed by atoms with van der Waals surface area (Å²) < 4.78 is 0. The third kappa shape index (κ3) is 3.12. The number of nitro groups is 1. The second kappa shape index (κ2) is 5.83. The minimum atomic E-state index is -0.559. The zero-order valence-corrected chi connectivity index (χ0v) is 12.1. The number of carbonyl (C=O) groups excluding carboxylic acids is 1. The van der Waals surface area contributed by atoms with Crippen molar-refractivity contribution in [2.75, 3.05) is 5.88 Å². The second-order valence-electron chi connectivity index (χ2n) is 5.58. The molecule has 0 spiro atoms. The average Bonchev–Trinajstić information content (AvgIpc) is 2.88. The van der Waals surface area contributed by atoms with Crippen molar-refractivity contribution < 1.29 is 9.72 Å². The molecule has 0 aromatic carbocycles. The Kier molecular flexibility index (Phi) is 4.32. The van der Waals surface area contributed by atoms with Gasteiger partial charge in [-0.05, 0) is 29.7 Å². The van der Waals surface area contributed by atoms with Crippen molar-refractivity contribution in [2.45, 2.75) is 38.1 Å². The Bertz CT molecular complexity index is 517. The van der Waals surface area contributed by atoms with Crippen LogP contribution in [0.4, 0.5) is 5.82 Å². The Morgan fingerprint density at radius 3 is 2.95 bits per heavy atom. The topological polar surface area (TPSA) is 88.0 Å². The molecule has 1 heterocycles. The van der Waals surface area contributed by atoms with Crippen molar-refractivity contribution in [3.8, 4) is 0 Å². The monoisotopic (exact) mass is 299 g/mol. The molecule has 0 aliphatic heterocycles. The van der Waals surface area contributed by atoms with Gasteiger partial charge in [-0.25, -0.2) is 4.98 Å². The van der Waals surface area contributed by atoms with E-state index in [9.17, 15) is 14.9 Å². The highest BCUT2D eigenvalue weighted by atomic mass is 35.5. The molecule has 1 aromatic rings. The molecular formula is C13H18ClN3O3. The van der Waals surface area contributed by atoms with Crippen molar-refractivity contribution in [3.05, 3.63) is 27.9 Å². The first-order valence-electron chi connectivity index (χ1n) is 6.68. The van der Waals surface area contributed by atoms with Gasteiger partial charge < -0.3 is 15.4 Å². The lowest BCUT2D eigenvalue weighted by atomic mass is 9.77. The van der Waals surface area contributed by atoms with Gasteiger partial charge in [0.25, 0.3) is 5.91 Å². The van der Waals surface area contributed by atoms with Gasteiger partial charge in [0.2, 0.25) is 0 Å². The smallest absolute Gasteiger partial charge is 0.321 e. The Labute approximate surface area is 122 Å². The molecule has 1 aliphatic carbocycles. The minimum Gasteiger partial charge on any atom is -0.358 e. The lowest BCUT2D eigenvalue weighted by Crippen LogP contribution is -2.52. The zero-order chi connectivity index (χ0) is 14.8. The van der Waals surface area contributed by atoms with Crippen molar-refractivity contribution >= 4 is 23.3 Å². The fraction of sp³-hybridized carbons (Fsp3) is 0.615. The molecule has 2 atom stereocenters. The van der Waals surface area contributed by atoms with Crippen molar-refractivity contribution in [1.29, 1.82) is 0 Å². The van der Waals surface area contributed by atoms with Crippen LogP contribution < -0.4 is 5.32 Å². The number of nitrogens with one attached hydrogen (secondary N) is 2. The molecule has 0 saturated heterocycles. The van der Waals surface area contributed by atoms with Gasteiger partial charge in [-0.2, -0.15) is 0 Å². The maximum atomic E-state index is 12.2. The van der Waals surface area contributed by atoms with E-state index >= 15 is 0 Å². The summed E-state index contributed by atoms with van der Waals surface area (Å²) in [5.74, 6) is 0.340. The molecule has 2 rings (SSSR count). The number of nitrogens with zero attached hydrogens (tertiary/aromatic N) is 1. The molecule has 1 saturated carbocycles. The highest BCUT2D eigenvalue weighted by Crippen LogP contribution is 2.33. The van der Waals surface area contributed by atoms with Crippen LogP contribution in [0.2, 0.25) is 0 Å². The molecule has 20 heavy (non-hydrogen) atoms. The Balaban J connectivity index is 2.10. The largest absolute Gasteiger partial charge is 0.358 e. The SMILES string of the molecule is CC1CCCC(CCl)(NC(=O)c2ccc([N+](=O)[O-])[nH]2)C1. The van der Waals surface area contributed by atoms with Crippen molar-refractivity contribution in [3.63, 3.8) is 0 Å². The van der Waals surface area contributed by atoms with Gasteiger partial charge in [0.15, 0.2) is 5.69 Å². The number of hydrogen-bond acceptors (Lipinski definition) is 3. The second-order valence-corrected chi connectivity index (χ2v) is 5.85. The molecule has 0 bridgehead atoms. The molecule has 2 unspecified atom stereocenters. The van der Waals surface area contributed by atoms with Gasteiger partial charge in [0, 0.05) is 11.9 Å². The number of H-pyrrole nitrogens is 1. The van der Waals surface area contributed by atoms with Gasteiger partial charge in [0.05, 0.1) is 5.54 Å². The summed E-state index contributed by atoms with van der Waals surface area (Å²) in [6, 6.07) is 2.70. The Morgan fingerprint density at radius 2 is 2.40 bits per heavy atom. The molecule has 2 N–H and O–H groups in total. The van der Waals surface area contributed by atoms with E-state index in [4.69, 9.17) is 11.6 Å². The standard InChI is InChI=1S/C13H18ClN3O3/c1-9-3-2-6-13(7-9,8-14)16-12(18)10-4-5-11(15-10)17(19)20/h4-5,9,15H,2-3,6-8H2,1H3,(H,16,18). The highest BCUT2D eigenvalue weighted by Gasteiger charge is 2.36. The zero-order valence-electron chi connectivity index (χ0n) is 11.3. The number of carbonyl (C=O) groups is 1. The van der Waals surface area contributed by atoms with Crippen LogP contribution in [0.5, 0.6) is 0 Å². The average molecular weight is 300 g/mol. The summed E-state index contributed by atoms with van der Waals surface area (Å²) in [7, 11) is 0. The van der Waals surface area contributed by atoms with Gasteiger partial charge in [-0.15, -0.1) is 11.6 Å². The summed E-state index contributed by atoms with van der Waals surface area (Å²) in [5, 5.41) is 13.6. The fourth-order valence-electron chi connectivity index (χ4n) is 2.86. The van der Waals surface area contributed by atoms with E-state index in [0.29, 0.717) is 11.8 Å². The van der Waals surface area contributed by atoms with E-state index < -0.39 is 10.5 Å². The predicted octanol–water partition coefficient (Wildman–Crippen LogP) is 2.84. The predicted molar refractivity (Wildman–Crippen MR) is 76.0 cm³/mol. The third-order valence-corrected chi connectivity index (χ3v) is 4.35. The molecular weight excluding hydrogens is 282 g/mol. The first kappa shape index (κ1) is 14.8. The Morgan fingerprint density at radius 1 is 1.65 bits per heavy atom. The fourth-order valence-corrected chi connectivity index (χ4v) is 3.17. The van der Waals surface area contributed by atoms with E-state index in [1.807, 2.05) is 0 Å². The lowest BCUT2D eigenvalue weighted by Gasteiger charge is -2.39. The first-order chi connectivity index (χ1) is 9.46. The number of aromatic nitrogens is 1. The van der Waals surface area contributed by atoms with Crippen LogP contribution >= 0.6 is 11.6 Å². The maximum Gasteiger partial charge on any atom is 0.321 e. The number of hydrogen-bond donors (Lipinski definition) is 2. The van der Waals surface area contributed by atoms with Crippen LogP contribution in [-0.2, 0) is 0 Å². The molecule has 6 nitrogen and oxygen atoms in total. The van der Waals surface area contributed by atoms with Gasteiger partial charge in [0.1, 0.15) is 0 Å².